The van der Waals surface area contributed by atoms with E-state index in [1.165, 1.54) is 30.4 Å². The number of guanidine groups is 1. The SMILES string of the molecule is CCNC(=NCc1ccccc1Cn1cccn1)NCCC(=O)NC1CCCCC1.I. The van der Waals surface area contributed by atoms with Gasteiger partial charge >= 0.3 is 0 Å². The quantitative estimate of drug-likeness (QED) is 0.260. The third kappa shape index (κ3) is 8.88. The number of benzene rings is 1. The minimum atomic E-state index is 0. The Morgan fingerprint density at radius 1 is 1.13 bits per heavy atom. The number of rotatable bonds is 9. The van der Waals surface area contributed by atoms with Gasteiger partial charge in [0.1, 0.15) is 0 Å². The van der Waals surface area contributed by atoms with E-state index in [4.69, 9.17) is 4.99 Å². The molecular weight excluding hydrogens is 503 g/mol. The van der Waals surface area contributed by atoms with Gasteiger partial charge in [-0.05, 0) is 37.0 Å². The molecule has 1 amide bonds. The summed E-state index contributed by atoms with van der Waals surface area (Å²) in [7, 11) is 0. The molecule has 0 aliphatic heterocycles. The maximum atomic E-state index is 12.2. The lowest BCUT2D eigenvalue weighted by Gasteiger charge is -2.22. The fraction of sp³-hybridized carbons (Fsp3) is 0.522. The predicted octanol–water partition coefficient (Wildman–Crippen LogP) is 3.44. The molecule has 1 heterocycles. The second-order valence-electron chi connectivity index (χ2n) is 7.75. The summed E-state index contributed by atoms with van der Waals surface area (Å²) < 4.78 is 1.91. The molecule has 1 aliphatic carbocycles. The minimum Gasteiger partial charge on any atom is -0.357 e. The molecule has 1 aromatic carbocycles. The number of carbonyl (C=O) groups excluding carboxylic acids is 1. The number of nitrogens with one attached hydrogen (secondary N) is 3. The van der Waals surface area contributed by atoms with Crippen molar-refractivity contribution < 1.29 is 4.79 Å². The summed E-state index contributed by atoms with van der Waals surface area (Å²) in [4.78, 5) is 16.9. The van der Waals surface area contributed by atoms with Crippen LogP contribution in [0, 0.1) is 0 Å². The minimum absolute atomic E-state index is 0. The summed E-state index contributed by atoms with van der Waals surface area (Å²) >= 11 is 0. The number of aromatic nitrogens is 2. The molecule has 1 aliphatic rings. The van der Waals surface area contributed by atoms with Crippen LogP contribution in [0.2, 0.25) is 0 Å². The molecule has 3 rings (SSSR count). The van der Waals surface area contributed by atoms with E-state index in [9.17, 15) is 4.79 Å². The average molecular weight is 538 g/mol. The lowest BCUT2D eigenvalue weighted by Crippen LogP contribution is -2.41. The second-order valence-corrected chi connectivity index (χ2v) is 7.75. The molecule has 170 valence electrons. The van der Waals surface area contributed by atoms with Crippen LogP contribution in [-0.4, -0.2) is 40.8 Å². The molecule has 0 spiro atoms. The van der Waals surface area contributed by atoms with Gasteiger partial charge in [-0.1, -0.05) is 43.5 Å². The lowest BCUT2D eigenvalue weighted by atomic mass is 9.95. The Morgan fingerprint density at radius 2 is 1.90 bits per heavy atom. The van der Waals surface area contributed by atoms with Gasteiger partial charge in [0, 0.05) is 37.9 Å². The highest BCUT2D eigenvalue weighted by Gasteiger charge is 2.15. The topological polar surface area (TPSA) is 83.3 Å². The van der Waals surface area contributed by atoms with Crippen LogP contribution in [0.5, 0.6) is 0 Å². The summed E-state index contributed by atoms with van der Waals surface area (Å²) in [5.74, 6) is 0.853. The van der Waals surface area contributed by atoms with Crippen molar-refractivity contribution in [2.45, 2.75) is 64.6 Å². The van der Waals surface area contributed by atoms with Crippen LogP contribution in [-0.2, 0) is 17.9 Å². The van der Waals surface area contributed by atoms with E-state index in [1.54, 1.807) is 6.20 Å². The number of halogens is 1. The van der Waals surface area contributed by atoms with Crippen LogP contribution in [0.3, 0.4) is 0 Å². The Bertz CT molecular complexity index is 802. The van der Waals surface area contributed by atoms with E-state index < -0.39 is 0 Å². The molecule has 7 nitrogen and oxygen atoms in total. The molecule has 0 saturated heterocycles. The van der Waals surface area contributed by atoms with Crippen LogP contribution in [0.1, 0.15) is 56.6 Å². The lowest BCUT2D eigenvalue weighted by molar-refractivity contribution is -0.121. The Kier molecular flexibility index (Phi) is 11.4. The van der Waals surface area contributed by atoms with Crippen LogP contribution in [0.25, 0.3) is 0 Å². The first kappa shape index (κ1) is 25.2. The number of aliphatic imine (C=N–C) groups is 1. The van der Waals surface area contributed by atoms with Crippen LogP contribution < -0.4 is 16.0 Å². The zero-order valence-corrected chi connectivity index (χ0v) is 20.7. The molecule has 31 heavy (non-hydrogen) atoms. The standard InChI is InChI=1S/C23H34N6O.HI/c1-2-24-23(25-15-13-22(30)28-21-11-4-3-5-12-21)26-17-19-9-6-7-10-20(19)18-29-16-8-14-27-29;/h6-10,14,16,21H,2-5,11-13,15,17-18H2,1H3,(H,28,30)(H2,24,25,26);1H. The highest BCUT2D eigenvalue weighted by atomic mass is 127. The van der Waals surface area contributed by atoms with Crippen molar-refractivity contribution in [2.24, 2.45) is 4.99 Å². The first-order valence-corrected chi connectivity index (χ1v) is 11.1. The van der Waals surface area contributed by atoms with Crippen molar-refractivity contribution in [1.82, 2.24) is 25.7 Å². The van der Waals surface area contributed by atoms with Crippen LogP contribution in [0.4, 0.5) is 0 Å². The number of hydrogen-bond donors (Lipinski definition) is 3. The summed E-state index contributed by atoms with van der Waals surface area (Å²) in [6.07, 6.45) is 10.2. The Labute approximate surface area is 202 Å². The Morgan fingerprint density at radius 3 is 2.61 bits per heavy atom. The Balaban J connectivity index is 0.00000341. The van der Waals surface area contributed by atoms with E-state index in [1.807, 2.05) is 36.0 Å². The van der Waals surface area contributed by atoms with E-state index in [-0.39, 0.29) is 29.9 Å². The molecule has 0 radical (unpaired) electrons. The van der Waals surface area contributed by atoms with Gasteiger partial charge in [-0.2, -0.15) is 5.10 Å². The monoisotopic (exact) mass is 538 g/mol. The molecule has 1 fully saturated rings. The number of nitrogens with zero attached hydrogens (tertiary/aromatic N) is 3. The second kappa shape index (κ2) is 14.1. The molecule has 0 atom stereocenters. The van der Waals surface area contributed by atoms with Crippen molar-refractivity contribution in [2.75, 3.05) is 13.1 Å². The fourth-order valence-corrected chi connectivity index (χ4v) is 3.78. The molecule has 0 unspecified atom stereocenters. The van der Waals surface area contributed by atoms with Gasteiger partial charge in [0.25, 0.3) is 0 Å². The third-order valence-corrected chi connectivity index (χ3v) is 5.38. The zero-order chi connectivity index (χ0) is 21.0. The molecular formula is C23H35IN6O. The molecule has 0 bridgehead atoms. The predicted molar refractivity (Wildman–Crippen MR) is 136 cm³/mol. The molecule has 1 aromatic heterocycles. The highest BCUT2D eigenvalue weighted by Crippen LogP contribution is 2.17. The average Bonchev–Trinajstić information content (AvgIpc) is 3.27. The van der Waals surface area contributed by atoms with E-state index in [0.717, 1.165) is 31.9 Å². The van der Waals surface area contributed by atoms with Gasteiger partial charge in [0.2, 0.25) is 5.91 Å². The number of hydrogen-bond acceptors (Lipinski definition) is 3. The summed E-state index contributed by atoms with van der Waals surface area (Å²) in [6.45, 7) is 4.68. The van der Waals surface area contributed by atoms with Crippen LogP contribution in [0.15, 0.2) is 47.7 Å². The van der Waals surface area contributed by atoms with Crippen molar-refractivity contribution >= 4 is 35.8 Å². The summed E-state index contributed by atoms with van der Waals surface area (Å²) in [6, 6.07) is 10.6. The maximum Gasteiger partial charge on any atom is 0.221 e. The summed E-state index contributed by atoms with van der Waals surface area (Å²) in [5, 5.41) is 14.0. The zero-order valence-electron chi connectivity index (χ0n) is 18.3. The van der Waals surface area contributed by atoms with Gasteiger partial charge in [0.15, 0.2) is 5.96 Å². The number of carbonyl (C=O) groups is 1. The first-order chi connectivity index (χ1) is 14.7. The Hall–Kier alpha value is -2.10. The van der Waals surface area contributed by atoms with E-state index in [0.29, 0.717) is 25.6 Å². The van der Waals surface area contributed by atoms with Crippen molar-refractivity contribution in [3.8, 4) is 0 Å². The van der Waals surface area contributed by atoms with Gasteiger partial charge in [-0.25, -0.2) is 4.99 Å². The largest absolute Gasteiger partial charge is 0.357 e. The van der Waals surface area contributed by atoms with E-state index in [2.05, 4.69) is 33.2 Å². The highest BCUT2D eigenvalue weighted by molar-refractivity contribution is 14.0. The molecule has 3 N–H and O–H groups in total. The number of amides is 1. The van der Waals surface area contributed by atoms with Crippen LogP contribution >= 0.6 is 24.0 Å². The summed E-state index contributed by atoms with van der Waals surface area (Å²) in [5.41, 5.74) is 2.37. The van der Waals surface area contributed by atoms with Crippen molar-refractivity contribution in [1.29, 1.82) is 0 Å². The normalized spacial score (nSPS) is 14.5. The van der Waals surface area contributed by atoms with Gasteiger partial charge in [0.05, 0.1) is 13.1 Å². The maximum absolute atomic E-state index is 12.2. The smallest absolute Gasteiger partial charge is 0.221 e. The van der Waals surface area contributed by atoms with Gasteiger partial charge in [-0.15, -0.1) is 24.0 Å². The van der Waals surface area contributed by atoms with E-state index >= 15 is 0 Å². The molecule has 8 heteroatoms. The van der Waals surface area contributed by atoms with Crippen molar-refractivity contribution in [3.63, 3.8) is 0 Å². The van der Waals surface area contributed by atoms with Gasteiger partial charge in [-0.3, -0.25) is 9.48 Å². The first-order valence-electron chi connectivity index (χ1n) is 11.1. The molecule has 2 aromatic rings. The van der Waals surface area contributed by atoms with Crippen molar-refractivity contribution in [3.05, 3.63) is 53.9 Å². The van der Waals surface area contributed by atoms with Gasteiger partial charge < -0.3 is 16.0 Å². The molecule has 1 saturated carbocycles. The fourth-order valence-electron chi connectivity index (χ4n) is 3.78. The third-order valence-electron chi connectivity index (χ3n) is 5.38.